The molecule has 0 amide bonds. The molecule has 0 aliphatic carbocycles. The number of rotatable bonds is 4. The minimum absolute atomic E-state index is 0.0874. The minimum Gasteiger partial charge on any atom is -0.488 e. The molecule has 1 aliphatic rings. The third kappa shape index (κ3) is 2.39. The Morgan fingerprint density at radius 1 is 1.47 bits per heavy atom. The number of ether oxygens (including phenoxy) is 2. The maximum absolute atomic E-state index is 11.6. The van der Waals surface area contributed by atoms with E-state index >= 15 is 0 Å². The smallest absolute Gasteiger partial charge is 0.437 e. The van der Waals surface area contributed by atoms with Gasteiger partial charge in [-0.3, -0.25) is 0 Å². The average Bonchev–Trinajstić information content (AvgIpc) is 2.94. The van der Waals surface area contributed by atoms with E-state index in [1.54, 1.807) is 0 Å². The molecule has 0 saturated carbocycles. The maximum atomic E-state index is 11.6. The quantitative estimate of drug-likeness (QED) is 0.822. The lowest BCUT2D eigenvalue weighted by Crippen LogP contribution is -2.27. The summed E-state index contributed by atoms with van der Waals surface area (Å²) in [7, 11) is 1.52. The van der Waals surface area contributed by atoms with Gasteiger partial charge < -0.3 is 13.9 Å². The van der Waals surface area contributed by atoms with Crippen LogP contribution in [0.15, 0.2) is 33.5 Å². The first-order chi connectivity index (χ1) is 9.26. The van der Waals surface area contributed by atoms with Crippen molar-refractivity contribution in [2.75, 3.05) is 7.11 Å². The van der Waals surface area contributed by atoms with Crippen molar-refractivity contribution < 1.29 is 13.9 Å². The molecule has 0 bridgehead atoms. The highest BCUT2D eigenvalue weighted by atomic mass is 16.5. The fourth-order valence-corrected chi connectivity index (χ4v) is 2.20. The van der Waals surface area contributed by atoms with Crippen molar-refractivity contribution in [1.82, 2.24) is 9.78 Å². The summed E-state index contributed by atoms with van der Waals surface area (Å²) in [6, 6.07) is 7.86. The van der Waals surface area contributed by atoms with Crippen molar-refractivity contribution in [1.29, 1.82) is 0 Å². The van der Waals surface area contributed by atoms with Gasteiger partial charge in [-0.1, -0.05) is 18.2 Å². The first kappa shape index (κ1) is 12.0. The van der Waals surface area contributed by atoms with Gasteiger partial charge in [-0.05, 0) is 11.6 Å². The normalized spacial score (nSPS) is 17.2. The number of hydrogen-bond donors (Lipinski definition) is 0. The average molecular weight is 262 g/mol. The zero-order valence-corrected chi connectivity index (χ0v) is 10.5. The Balaban J connectivity index is 1.72. The molecule has 6 heteroatoms. The number of para-hydroxylation sites is 1. The van der Waals surface area contributed by atoms with E-state index in [2.05, 4.69) is 5.10 Å². The summed E-state index contributed by atoms with van der Waals surface area (Å²) in [5.74, 6) is 0.677. The van der Waals surface area contributed by atoms with E-state index in [-0.39, 0.29) is 18.6 Å². The van der Waals surface area contributed by atoms with Gasteiger partial charge in [0, 0.05) is 13.5 Å². The summed E-state index contributed by atoms with van der Waals surface area (Å²) < 4.78 is 16.9. The monoisotopic (exact) mass is 262 g/mol. The fourth-order valence-electron chi connectivity index (χ4n) is 2.20. The van der Waals surface area contributed by atoms with E-state index in [9.17, 15) is 4.79 Å². The molecule has 0 radical (unpaired) electrons. The van der Waals surface area contributed by atoms with E-state index in [0.717, 1.165) is 17.7 Å². The van der Waals surface area contributed by atoms with Crippen LogP contribution in [0.5, 0.6) is 5.75 Å². The third-order valence-corrected chi connectivity index (χ3v) is 3.01. The second-order valence-corrected chi connectivity index (χ2v) is 4.43. The van der Waals surface area contributed by atoms with Gasteiger partial charge in [-0.2, -0.15) is 4.68 Å². The predicted molar refractivity (Wildman–Crippen MR) is 66.0 cm³/mol. The Morgan fingerprint density at radius 3 is 3.11 bits per heavy atom. The molecular weight excluding hydrogens is 248 g/mol. The second kappa shape index (κ2) is 4.89. The van der Waals surface area contributed by atoms with Crippen LogP contribution in [0.1, 0.15) is 11.5 Å². The van der Waals surface area contributed by atoms with E-state index in [0.29, 0.717) is 6.54 Å². The lowest BCUT2D eigenvalue weighted by atomic mass is 10.1. The molecule has 0 N–H and O–H groups in total. The molecule has 0 unspecified atom stereocenters. The number of methoxy groups -OCH3 is 1. The molecule has 1 aromatic heterocycles. The van der Waals surface area contributed by atoms with Gasteiger partial charge in [-0.25, -0.2) is 4.79 Å². The molecule has 19 heavy (non-hydrogen) atoms. The van der Waals surface area contributed by atoms with E-state index < -0.39 is 5.76 Å². The summed E-state index contributed by atoms with van der Waals surface area (Å²) in [6.07, 6.45) is 0.685. The lowest BCUT2D eigenvalue weighted by Gasteiger charge is -2.08. The largest absolute Gasteiger partial charge is 0.488 e. The molecule has 2 heterocycles. The summed E-state index contributed by atoms with van der Waals surface area (Å²) in [5.41, 5.74) is 1.15. The summed E-state index contributed by atoms with van der Waals surface area (Å²) >= 11 is 0. The van der Waals surface area contributed by atoms with Gasteiger partial charge in [0.2, 0.25) is 5.89 Å². The van der Waals surface area contributed by atoms with Gasteiger partial charge in [0.15, 0.2) is 0 Å². The van der Waals surface area contributed by atoms with Crippen LogP contribution in [0, 0.1) is 0 Å². The van der Waals surface area contributed by atoms with Gasteiger partial charge in [0.25, 0.3) is 0 Å². The van der Waals surface area contributed by atoms with Gasteiger partial charge in [-0.15, -0.1) is 5.10 Å². The SMILES string of the molecule is COCc1nn(C[C@H]2Cc3ccccc3O2)c(=O)o1. The van der Waals surface area contributed by atoms with Crippen molar-refractivity contribution in [3.05, 3.63) is 46.3 Å². The van der Waals surface area contributed by atoms with Crippen molar-refractivity contribution in [3.8, 4) is 5.75 Å². The lowest BCUT2D eigenvalue weighted by molar-refractivity contribution is 0.158. The Hall–Kier alpha value is -2.08. The van der Waals surface area contributed by atoms with Crippen LogP contribution in [0.4, 0.5) is 0 Å². The molecule has 1 atom stereocenters. The van der Waals surface area contributed by atoms with Crippen molar-refractivity contribution >= 4 is 0 Å². The standard InChI is InChI=1S/C13H14N2O4/c1-17-8-12-14-15(13(16)19-12)7-10-6-9-4-2-3-5-11(9)18-10/h2-5,10H,6-8H2,1H3/t10-/m1/s1. The Morgan fingerprint density at radius 2 is 2.32 bits per heavy atom. The molecule has 1 aliphatic heterocycles. The zero-order chi connectivity index (χ0) is 13.2. The van der Waals surface area contributed by atoms with Crippen LogP contribution in [0.2, 0.25) is 0 Å². The van der Waals surface area contributed by atoms with Crippen LogP contribution in [-0.2, 0) is 24.3 Å². The summed E-state index contributed by atoms with van der Waals surface area (Å²) in [6.45, 7) is 0.564. The molecule has 0 saturated heterocycles. The number of fused-ring (bicyclic) bond motifs is 1. The van der Waals surface area contributed by atoms with Crippen LogP contribution < -0.4 is 10.5 Å². The van der Waals surface area contributed by atoms with E-state index in [1.165, 1.54) is 11.8 Å². The van der Waals surface area contributed by atoms with Gasteiger partial charge in [0.05, 0.1) is 6.54 Å². The van der Waals surface area contributed by atoms with E-state index in [4.69, 9.17) is 13.9 Å². The number of hydrogen-bond acceptors (Lipinski definition) is 5. The molecule has 1 aromatic carbocycles. The highest BCUT2D eigenvalue weighted by molar-refractivity contribution is 5.37. The van der Waals surface area contributed by atoms with Crippen molar-refractivity contribution in [2.24, 2.45) is 0 Å². The van der Waals surface area contributed by atoms with Crippen LogP contribution in [0.25, 0.3) is 0 Å². The highest BCUT2D eigenvalue weighted by Gasteiger charge is 2.24. The maximum Gasteiger partial charge on any atom is 0.437 e. The molecule has 0 spiro atoms. The second-order valence-electron chi connectivity index (χ2n) is 4.43. The first-order valence-corrected chi connectivity index (χ1v) is 6.06. The predicted octanol–water partition coefficient (Wildman–Crippen LogP) is 0.986. The fraction of sp³-hybridized carbons (Fsp3) is 0.385. The Kier molecular flexibility index (Phi) is 3.08. The molecule has 0 fully saturated rings. The summed E-state index contributed by atoms with van der Waals surface area (Å²) in [4.78, 5) is 11.6. The van der Waals surface area contributed by atoms with Crippen molar-refractivity contribution in [2.45, 2.75) is 25.7 Å². The van der Waals surface area contributed by atoms with Crippen LogP contribution >= 0.6 is 0 Å². The Labute approximate surface area is 109 Å². The van der Waals surface area contributed by atoms with Crippen LogP contribution in [0.3, 0.4) is 0 Å². The summed E-state index contributed by atoms with van der Waals surface area (Å²) in [5, 5.41) is 4.06. The number of benzene rings is 1. The number of nitrogens with zero attached hydrogens (tertiary/aromatic N) is 2. The van der Waals surface area contributed by atoms with Crippen molar-refractivity contribution in [3.63, 3.8) is 0 Å². The number of aromatic nitrogens is 2. The Bertz CT molecular complexity index is 607. The topological polar surface area (TPSA) is 66.5 Å². The zero-order valence-electron chi connectivity index (χ0n) is 10.5. The molecule has 100 valence electrons. The first-order valence-electron chi connectivity index (χ1n) is 6.06. The minimum atomic E-state index is -0.480. The third-order valence-electron chi connectivity index (χ3n) is 3.01. The van der Waals surface area contributed by atoms with E-state index in [1.807, 2.05) is 24.3 Å². The van der Waals surface area contributed by atoms with Crippen LogP contribution in [-0.4, -0.2) is 23.0 Å². The van der Waals surface area contributed by atoms with Gasteiger partial charge in [0.1, 0.15) is 18.5 Å². The van der Waals surface area contributed by atoms with Gasteiger partial charge >= 0.3 is 5.76 Å². The molecular formula is C13H14N2O4. The molecule has 6 nitrogen and oxygen atoms in total. The molecule has 2 aromatic rings. The molecule has 3 rings (SSSR count). The highest BCUT2D eigenvalue weighted by Crippen LogP contribution is 2.28.